The van der Waals surface area contributed by atoms with Crippen molar-refractivity contribution in [2.45, 2.75) is 85.2 Å². The van der Waals surface area contributed by atoms with E-state index in [4.69, 9.17) is 5.73 Å². The van der Waals surface area contributed by atoms with Crippen LogP contribution in [0.15, 0.2) is 0 Å². The van der Waals surface area contributed by atoms with Crippen LogP contribution in [0.1, 0.15) is 79.6 Å². The van der Waals surface area contributed by atoms with Crippen LogP contribution in [-0.4, -0.2) is 17.3 Å². The molecule has 2 saturated carbocycles. The fourth-order valence-electron chi connectivity index (χ4n) is 5.34. The number of hydrogen-bond acceptors (Lipinski definition) is 2. The highest BCUT2D eigenvalue weighted by atomic mass is 16.3. The van der Waals surface area contributed by atoms with E-state index in [2.05, 4.69) is 34.6 Å². The van der Waals surface area contributed by atoms with Gasteiger partial charge in [-0.3, -0.25) is 0 Å². The van der Waals surface area contributed by atoms with Gasteiger partial charge in [-0.1, -0.05) is 34.6 Å². The third kappa shape index (κ3) is 3.03. The second kappa shape index (κ2) is 5.85. The maximum atomic E-state index is 11.6. The molecule has 0 aromatic heterocycles. The molecule has 2 atom stereocenters. The first-order valence-corrected chi connectivity index (χ1v) is 9.08. The zero-order valence-electron chi connectivity index (χ0n) is 14.9. The van der Waals surface area contributed by atoms with Crippen molar-refractivity contribution < 1.29 is 5.11 Å². The Morgan fingerprint density at radius 2 is 1.67 bits per heavy atom. The molecule has 124 valence electrons. The van der Waals surface area contributed by atoms with Gasteiger partial charge in [0.05, 0.1) is 5.60 Å². The van der Waals surface area contributed by atoms with Crippen LogP contribution in [0.4, 0.5) is 0 Å². The maximum absolute atomic E-state index is 11.6. The number of hydrogen-bond donors (Lipinski definition) is 2. The fourth-order valence-corrected chi connectivity index (χ4v) is 5.34. The van der Waals surface area contributed by atoms with Gasteiger partial charge in [0, 0.05) is 12.0 Å². The summed E-state index contributed by atoms with van der Waals surface area (Å²) in [6.07, 6.45) is 7.91. The largest absolute Gasteiger partial charge is 0.389 e. The molecule has 0 bridgehead atoms. The van der Waals surface area contributed by atoms with Crippen LogP contribution < -0.4 is 5.73 Å². The molecule has 2 rings (SSSR count). The molecule has 0 aromatic rings. The first-order valence-electron chi connectivity index (χ1n) is 9.08. The summed E-state index contributed by atoms with van der Waals surface area (Å²) in [6, 6.07) is 0. The van der Waals surface area contributed by atoms with Crippen LogP contribution >= 0.6 is 0 Å². The molecule has 0 radical (unpaired) electrons. The van der Waals surface area contributed by atoms with E-state index in [1.807, 2.05) is 0 Å². The Morgan fingerprint density at radius 1 is 1.10 bits per heavy atom. The summed E-state index contributed by atoms with van der Waals surface area (Å²) >= 11 is 0. The summed E-state index contributed by atoms with van der Waals surface area (Å²) in [5.74, 6) is 1.95. The van der Waals surface area contributed by atoms with Gasteiger partial charge in [0.15, 0.2) is 0 Å². The summed E-state index contributed by atoms with van der Waals surface area (Å²) in [7, 11) is 0. The highest BCUT2D eigenvalue weighted by molar-refractivity contribution is 5.07. The van der Waals surface area contributed by atoms with Crippen LogP contribution in [0.25, 0.3) is 0 Å². The van der Waals surface area contributed by atoms with Gasteiger partial charge in [-0.05, 0) is 68.1 Å². The Balaban J connectivity index is 2.17. The van der Waals surface area contributed by atoms with Crippen molar-refractivity contribution >= 4 is 0 Å². The van der Waals surface area contributed by atoms with E-state index in [0.717, 1.165) is 43.9 Å². The van der Waals surface area contributed by atoms with E-state index >= 15 is 0 Å². The summed E-state index contributed by atoms with van der Waals surface area (Å²) < 4.78 is 0. The Hall–Kier alpha value is -0.0800. The average molecular weight is 296 g/mol. The number of nitrogens with two attached hydrogens (primary N) is 1. The molecule has 2 aliphatic carbocycles. The van der Waals surface area contributed by atoms with Crippen molar-refractivity contribution in [1.82, 2.24) is 0 Å². The lowest BCUT2D eigenvalue weighted by Crippen LogP contribution is -2.60. The van der Waals surface area contributed by atoms with Crippen molar-refractivity contribution in [3.05, 3.63) is 0 Å². The number of aliphatic hydroxyl groups is 1. The second-order valence-corrected chi connectivity index (χ2v) is 9.26. The van der Waals surface area contributed by atoms with Crippen LogP contribution in [0, 0.1) is 28.6 Å². The van der Waals surface area contributed by atoms with Crippen LogP contribution in [-0.2, 0) is 0 Å². The molecule has 21 heavy (non-hydrogen) atoms. The molecule has 2 heteroatoms. The third-order valence-corrected chi connectivity index (χ3v) is 7.10. The van der Waals surface area contributed by atoms with Gasteiger partial charge in [-0.2, -0.15) is 0 Å². The van der Waals surface area contributed by atoms with Gasteiger partial charge in [0.25, 0.3) is 0 Å². The highest BCUT2D eigenvalue weighted by Gasteiger charge is 2.56. The number of rotatable bonds is 3. The van der Waals surface area contributed by atoms with Crippen LogP contribution in [0.3, 0.4) is 0 Å². The molecular formula is C19H37NO. The zero-order chi connectivity index (χ0) is 15.9. The van der Waals surface area contributed by atoms with Gasteiger partial charge in [0.1, 0.15) is 0 Å². The van der Waals surface area contributed by atoms with Crippen molar-refractivity contribution in [2.24, 2.45) is 34.3 Å². The molecule has 0 aromatic carbocycles. The summed E-state index contributed by atoms with van der Waals surface area (Å²) in [5, 5.41) is 11.6. The van der Waals surface area contributed by atoms with Gasteiger partial charge in [0.2, 0.25) is 0 Å². The van der Waals surface area contributed by atoms with Crippen LogP contribution in [0.2, 0.25) is 0 Å². The Kier molecular flexibility index (Phi) is 4.81. The quantitative estimate of drug-likeness (QED) is 0.813. The monoisotopic (exact) mass is 295 g/mol. The third-order valence-electron chi connectivity index (χ3n) is 7.10. The van der Waals surface area contributed by atoms with E-state index in [1.165, 1.54) is 12.8 Å². The smallest absolute Gasteiger partial charge is 0.0741 e. The minimum atomic E-state index is -0.542. The Labute approximate surface area is 131 Å². The molecule has 0 heterocycles. The zero-order valence-corrected chi connectivity index (χ0v) is 14.9. The van der Waals surface area contributed by atoms with Gasteiger partial charge < -0.3 is 10.8 Å². The fraction of sp³-hybridized carbons (Fsp3) is 1.00. The minimum absolute atomic E-state index is 0.0334. The van der Waals surface area contributed by atoms with E-state index in [-0.39, 0.29) is 5.41 Å². The summed E-state index contributed by atoms with van der Waals surface area (Å²) in [4.78, 5) is 0. The molecule has 2 nitrogen and oxygen atoms in total. The molecule has 2 fully saturated rings. The minimum Gasteiger partial charge on any atom is -0.389 e. The highest BCUT2D eigenvalue weighted by Crippen LogP contribution is 2.57. The molecule has 2 aliphatic rings. The predicted octanol–water partition coefficient (Wildman–Crippen LogP) is 4.36. The standard InChI is InChI=1S/C19H37NO/c1-14(2)16-6-8-18(13-20,9-7-16)19(21)11-10-17(4,5)12-15(19)3/h14-16,21H,6-13,20H2,1-5H3. The van der Waals surface area contributed by atoms with E-state index < -0.39 is 5.60 Å². The Morgan fingerprint density at radius 3 is 2.10 bits per heavy atom. The second-order valence-electron chi connectivity index (χ2n) is 9.26. The first-order chi connectivity index (χ1) is 9.66. The van der Waals surface area contributed by atoms with E-state index in [9.17, 15) is 5.11 Å². The molecule has 0 amide bonds. The molecule has 3 N–H and O–H groups in total. The molecule has 0 aliphatic heterocycles. The van der Waals surface area contributed by atoms with E-state index in [0.29, 0.717) is 17.9 Å². The lowest BCUT2D eigenvalue weighted by atomic mass is 9.51. The first kappa shape index (κ1) is 17.3. The lowest BCUT2D eigenvalue weighted by Gasteiger charge is -2.57. The van der Waals surface area contributed by atoms with Crippen molar-refractivity contribution in [2.75, 3.05) is 6.54 Å². The van der Waals surface area contributed by atoms with Crippen LogP contribution in [0.5, 0.6) is 0 Å². The normalized spacial score (nSPS) is 44.0. The van der Waals surface area contributed by atoms with Gasteiger partial charge in [-0.15, -0.1) is 0 Å². The van der Waals surface area contributed by atoms with Gasteiger partial charge >= 0.3 is 0 Å². The lowest BCUT2D eigenvalue weighted by molar-refractivity contribution is -0.173. The predicted molar refractivity (Wildman–Crippen MR) is 90.0 cm³/mol. The van der Waals surface area contributed by atoms with Crippen molar-refractivity contribution in [3.63, 3.8) is 0 Å². The summed E-state index contributed by atoms with van der Waals surface area (Å²) in [6.45, 7) is 12.3. The molecular weight excluding hydrogens is 258 g/mol. The van der Waals surface area contributed by atoms with Gasteiger partial charge in [-0.25, -0.2) is 0 Å². The summed E-state index contributed by atoms with van der Waals surface area (Å²) in [5.41, 5.74) is 6.04. The SMILES string of the molecule is CC(C)C1CCC(CN)(C2(O)CCC(C)(C)CC2C)CC1. The van der Waals surface area contributed by atoms with Crippen molar-refractivity contribution in [3.8, 4) is 0 Å². The Bertz CT molecular complexity index is 355. The average Bonchev–Trinajstić information content (AvgIpc) is 2.43. The van der Waals surface area contributed by atoms with Crippen molar-refractivity contribution in [1.29, 1.82) is 0 Å². The topological polar surface area (TPSA) is 46.2 Å². The molecule has 0 spiro atoms. The molecule has 2 unspecified atom stereocenters. The molecule has 0 saturated heterocycles. The maximum Gasteiger partial charge on any atom is 0.0741 e. The van der Waals surface area contributed by atoms with E-state index in [1.54, 1.807) is 0 Å².